The number of carbonyl (C=O) groups excluding carboxylic acids is 1. The highest BCUT2D eigenvalue weighted by atomic mass is 32.2. The van der Waals surface area contributed by atoms with Crippen molar-refractivity contribution in [3.8, 4) is 0 Å². The van der Waals surface area contributed by atoms with Crippen molar-refractivity contribution in [1.82, 2.24) is 5.32 Å². The van der Waals surface area contributed by atoms with Crippen molar-refractivity contribution in [2.45, 2.75) is 56.6 Å². The first-order valence-corrected chi connectivity index (χ1v) is 9.39. The van der Waals surface area contributed by atoms with E-state index in [1.54, 1.807) is 0 Å². The Morgan fingerprint density at radius 3 is 2.67 bits per heavy atom. The van der Waals surface area contributed by atoms with E-state index in [1.807, 2.05) is 17.8 Å². The van der Waals surface area contributed by atoms with Gasteiger partial charge in [0.25, 0.3) is 5.91 Å². The van der Waals surface area contributed by atoms with Crippen molar-refractivity contribution in [2.75, 3.05) is 12.3 Å². The zero-order valence-corrected chi connectivity index (χ0v) is 13.5. The van der Waals surface area contributed by atoms with Gasteiger partial charge in [-0.05, 0) is 61.8 Å². The summed E-state index contributed by atoms with van der Waals surface area (Å²) in [6.07, 6.45) is 10.4. The molecule has 2 nitrogen and oxygen atoms in total. The molecule has 1 fully saturated rings. The van der Waals surface area contributed by atoms with Gasteiger partial charge in [-0.3, -0.25) is 4.79 Å². The lowest BCUT2D eigenvalue weighted by molar-refractivity contribution is 0.0956. The maximum Gasteiger partial charge on any atom is 0.251 e. The summed E-state index contributed by atoms with van der Waals surface area (Å²) in [6, 6.07) is 6.24. The lowest BCUT2D eigenvalue weighted by Gasteiger charge is -2.16. The number of aryl methyl sites for hydroxylation is 2. The highest BCUT2D eigenvalue weighted by Crippen LogP contribution is 2.28. The van der Waals surface area contributed by atoms with Gasteiger partial charge in [0, 0.05) is 23.1 Å². The first kappa shape index (κ1) is 15.0. The number of hydrogen-bond acceptors (Lipinski definition) is 2. The monoisotopic (exact) mass is 303 g/mol. The number of rotatable bonds is 5. The molecule has 21 heavy (non-hydrogen) atoms. The maximum atomic E-state index is 12.2. The second-order valence-electron chi connectivity index (χ2n) is 6.22. The van der Waals surface area contributed by atoms with Gasteiger partial charge in [-0.15, -0.1) is 0 Å². The van der Waals surface area contributed by atoms with Crippen LogP contribution in [0.4, 0.5) is 0 Å². The fraction of sp³-hybridized carbons (Fsp3) is 0.611. The van der Waals surface area contributed by atoms with Gasteiger partial charge in [-0.25, -0.2) is 0 Å². The second kappa shape index (κ2) is 7.35. The molecule has 0 radical (unpaired) electrons. The molecule has 0 bridgehead atoms. The van der Waals surface area contributed by atoms with E-state index in [2.05, 4.69) is 17.4 Å². The molecule has 1 aromatic carbocycles. The predicted octanol–water partition coefficient (Wildman–Crippen LogP) is 3.97. The lowest BCUT2D eigenvalue weighted by Crippen LogP contribution is -2.26. The Morgan fingerprint density at radius 1 is 1.10 bits per heavy atom. The van der Waals surface area contributed by atoms with Gasteiger partial charge in [0.15, 0.2) is 0 Å². The third-order valence-corrected chi connectivity index (χ3v) is 6.04. The Morgan fingerprint density at radius 2 is 1.86 bits per heavy atom. The average Bonchev–Trinajstić information content (AvgIpc) is 3.04. The van der Waals surface area contributed by atoms with E-state index in [9.17, 15) is 4.79 Å². The van der Waals surface area contributed by atoms with Gasteiger partial charge >= 0.3 is 0 Å². The Balaban J connectivity index is 1.46. The van der Waals surface area contributed by atoms with Crippen molar-refractivity contribution >= 4 is 17.7 Å². The lowest BCUT2D eigenvalue weighted by atomic mass is 9.90. The van der Waals surface area contributed by atoms with Crippen LogP contribution in [0, 0.1) is 0 Å². The number of fused-ring (bicyclic) bond motifs is 1. The largest absolute Gasteiger partial charge is 0.351 e. The molecular weight excluding hydrogens is 278 g/mol. The Hall–Kier alpha value is -0.960. The van der Waals surface area contributed by atoms with Gasteiger partial charge in [0.05, 0.1) is 0 Å². The molecule has 0 unspecified atom stereocenters. The molecule has 0 aliphatic heterocycles. The summed E-state index contributed by atoms with van der Waals surface area (Å²) in [5.41, 5.74) is 3.66. The molecule has 3 heteroatoms. The van der Waals surface area contributed by atoms with Crippen molar-refractivity contribution in [1.29, 1.82) is 0 Å². The maximum absolute atomic E-state index is 12.2. The Kier molecular flexibility index (Phi) is 5.23. The van der Waals surface area contributed by atoms with E-state index >= 15 is 0 Å². The summed E-state index contributed by atoms with van der Waals surface area (Å²) >= 11 is 2.03. The van der Waals surface area contributed by atoms with E-state index in [0.717, 1.165) is 29.5 Å². The van der Waals surface area contributed by atoms with E-state index in [1.165, 1.54) is 56.1 Å². The number of amides is 1. The smallest absolute Gasteiger partial charge is 0.251 e. The summed E-state index contributed by atoms with van der Waals surface area (Å²) in [5, 5.41) is 3.91. The molecule has 1 saturated carbocycles. The molecule has 0 aromatic heterocycles. The van der Waals surface area contributed by atoms with E-state index in [-0.39, 0.29) is 5.91 Å². The molecule has 1 aromatic rings. The first-order chi connectivity index (χ1) is 10.3. The van der Waals surface area contributed by atoms with Crippen LogP contribution in [-0.4, -0.2) is 23.5 Å². The van der Waals surface area contributed by atoms with Crippen molar-refractivity contribution in [3.05, 3.63) is 34.9 Å². The first-order valence-electron chi connectivity index (χ1n) is 8.34. The number of hydrogen-bond donors (Lipinski definition) is 1. The molecule has 0 atom stereocenters. The van der Waals surface area contributed by atoms with Crippen molar-refractivity contribution in [3.63, 3.8) is 0 Å². The van der Waals surface area contributed by atoms with Crippen LogP contribution in [0.2, 0.25) is 0 Å². The average molecular weight is 303 g/mol. The summed E-state index contributed by atoms with van der Waals surface area (Å²) in [7, 11) is 0. The van der Waals surface area contributed by atoms with Gasteiger partial charge in [-0.2, -0.15) is 11.8 Å². The quantitative estimate of drug-likeness (QED) is 0.834. The molecule has 1 amide bonds. The highest BCUT2D eigenvalue weighted by molar-refractivity contribution is 7.99. The summed E-state index contributed by atoms with van der Waals surface area (Å²) in [4.78, 5) is 12.2. The molecule has 0 spiro atoms. The van der Waals surface area contributed by atoms with Crippen LogP contribution in [0.1, 0.15) is 60.0 Å². The molecule has 2 aliphatic carbocycles. The molecule has 2 aliphatic rings. The number of benzene rings is 1. The second-order valence-corrected chi connectivity index (χ2v) is 7.63. The van der Waals surface area contributed by atoms with Gasteiger partial charge < -0.3 is 5.32 Å². The molecule has 0 saturated heterocycles. The van der Waals surface area contributed by atoms with Crippen LogP contribution in [-0.2, 0) is 12.8 Å². The zero-order valence-electron chi connectivity index (χ0n) is 12.7. The van der Waals surface area contributed by atoms with Crippen molar-refractivity contribution < 1.29 is 4.79 Å². The third-order valence-electron chi connectivity index (χ3n) is 4.65. The van der Waals surface area contributed by atoms with Crippen LogP contribution in [0.3, 0.4) is 0 Å². The van der Waals surface area contributed by atoms with Crippen molar-refractivity contribution in [2.24, 2.45) is 0 Å². The summed E-state index contributed by atoms with van der Waals surface area (Å²) in [5.74, 6) is 1.14. The molecule has 114 valence electrons. The van der Waals surface area contributed by atoms with Crippen LogP contribution >= 0.6 is 11.8 Å². The third kappa shape index (κ3) is 4.03. The normalized spacial score (nSPS) is 18.5. The number of nitrogens with one attached hydrogen (secondary N) is 1. The molecule has 1 N–H and O–H groups in total. The molecule has 3 rings (SSSR count). The Bertz CT molecular complexity index is 494. The minimum atomic E-state index is 0.0930. The molecule has 0 heterocycles. The highest BCUT2D eigenvalue weighted by Gasteiger charge is 2.15. The minimum Gasteiger partial charge on any atom is -0.351 e. The SMILES string of the molecule is O=C(NCCSC1CCCC1)c1ccc2c(c1)CCCC2. The predicted molar refractivity (Wildman–Crippen MR) is 90.1 cm³/mol. The standard InChI is InChI=1S/C18H25NOS/c20-18(19-11-12-21-17-7-3-4-8-17)16-10-9-14-5-1-2-6-15(14)13-16/h9-10,13,17H,1-8,11-12H2,(H,19,20). The van der Waals surface area contributed by atoms with E-state index in [0.29, 0.717) is 0 Å². The van der Waals surface area contributed by atoms with E-state index < -0.39 is 0 Å². The van der Waals surface area contributed by atoms with E-state index in [4.69, 9.17) is 0 Å². The van der Waals surface area contributed by atoms with Crippen LogP contribution in [0.25, 0.3) is 0 Å². The van der Waals surface area contributed by atoms with Gasteiger partial charge in [0.1, 0.15) is 0 Å². The zero-order chi connectivity index (χ0) is 14.5. The Labute approximate surface area is 132 Å². The topological polar surface area (TPSA) is 29.1 Å². The van der Waals surface area contributed by atoms with Crippen LogP contribution in [0.5, 0.6) is 0 Å². The number of carbonyl (C=O) groups is 1. The van der Waals surface area contributed by atoms with Gasteiger partial charge in [0.2, 0.25) is 0 Å². The van der Waals surface area contributed by atoms with Crippen LogP contribution < -0.4 is 5.32 Å². The van der Waals surface area contributed by atoms with Gasteiger partial charge in [-0.1, -0.05) is 18.9 Å². The fourth-order valence-electron chi connectivity index (χ4n) is 3.42. The summed E-state index contributed by atoms with van der Waals surface area (Å²) in [6.45, 7) is 0.789. The molecular formula is C18H25NOS. The summed E-state index contributed by atoms with van der Waals surface area (Å²) < 4.78 is 0. The van der Waals surface area contributed by atoms with Crippen LogP contribution in [0.15, 0.2) is 18.2 Å². The minimum absolute atomic E-state index is 0.0930. The number of thioether (sulfide) groups is 1. The fourth-order valence-corrected chi connectivity index (χ4v) is 4.64.